The molecule has 2 amide bonds. The van der Waals surface area contributed by atoms with Crippen LogP contribution in [0.4, 0.5) is 4.79 Å². The van der Waals surface area contributed by atoms with E-state index in [-0.39, 0.29) is 11.3 Å². The molecular formula is C11H20N2O3. The Morgan fingerprint density at radius 1 is 1.38 bits per heavy atom. The minimum absolute atomic E-state index is 0.0268. The van der Waals surface area contributed by atoms with Crippen LogP contribution in [0.5, 0.6) is 0 Å². The van der Waals surface area contributed by atoms with Crippen molar-refractivity contribution in [1.82, 2.24) is 5.32 Å². The van der Waals surface area contributed by atoms with Gasteiger partial charge in [-0.1, -0.05) is 20.8 Å². The fourth-order valence-electron chi connectivity index (χ4n) is 2.41. The van der Waals surface area contributed by atoms with Gasteiger partial charge < -0.3 is 16.2 Å². The molecule has 1 aliphatic carbocycles. The Balaban J connectivity index is 2.87. The van der Waals surface area contributed by atoms with Crippen molar-refractivity contribution in [3.63, 3.8) is 0 Å². The molecule has 0 saturated heterocycles. The van der Waals surface area contributed by atoms with Crippen LogP contribution in [0.3, 0.4) is 0 Å². The molecule has 0 bridgehead atoms. The number of hydrogen-bond donors (Lipinski definition) is 3. The van der Waals surface area contributed by atoms with Crippen LogP contribution in [0.15, 0.2) is 0 Å². The van der Waals surface area contributed by atoms with Crippen LogP contribution < -0.4 is 11.1 Å². The van der Waals surface area contributed by atoms with Gasteiger partial charge in [-0.15, -0.1) is 0 Å². The van der Waals surface area contributed by atoms with Crippen LogP contribution in [-0.4, -0.2) is 23.1 Å². The van der Waals surface area contributed by atoms with Crippen LogP contribution in [0, 0.1) is 17.3 Å². The number of primary amides is 1. The van der Waals surface area contributed by atoms with Gasteiger partial charge in [0.15, 0.2) is 0 Å². The Labute approximate surface area is 95.4 Å². The Kier molecular flexibility index (Phi) is 3.45. The van der Waals surface area contributed by atoms with Gasteiger partial charge in [0, 0.05) is 0 Å². The average molecular weight is 228 g/mol. The molecule has 1 aliphatic rings. The third-order valence-corrected chi connectivity index (χ3v) is 3.07. The number of carbonyl (C=O) groups excluding carboxylic acids is 1. The summed E-state index contributed by atoms with van der Waals surface area (Å²) in [6.45, 7) is 6.03. The predicted molar refractivity (Wildman–Crippen MR) is 59.8 cm³/mol. The molecule has 0 aliphatic heterocycles. The molecule has 5 nitrogen and oxygen atoms in total. The van der Waals surface area contributed by atoms with Gasteiger partial charge in [-0.3, -0.25) is 4.79 Å². The second-order valence-electron chi connectivity index (χ2n) is 5.56. The smallest absolute Gasteiger partial charge is 0.405 e. The van der Waals surface area contributed by atoms with Gasteiger partial charge in [-0.25, -0.2) is 4.79 Å². The maximum absolute atomic E-state index is 11.4. The molecule has 0 heterocycles. The van der Waals surface area contributed by atoms with Crippen LogP contribution >= 0.6 is 0 Å². The zero-order chi connectivity index (χ0) is 12.5. The average Bonchev–Trinajstić information content (AvgIpc) is 2.83. The van der Waals surface area contributed by atoms with Crippen LogP contribution in [0.2, 0.25) is 0 Å². The molecule has 0 aromatic heterocycles. The van der Waals surface area contributed by atoms with Crippen molar-refractivity contribution in [2.45, 2.75) is 39.7 Å². The summed E-state index contributed by atoms with van der Waals surface area (Å²) in [5.41, 5.74) is 5.15. The van der Waals surface area contributed by atoms with E-state index in [0.29, 0.717) is 5.92 Å². The Morgan fingerprint density at radius 2 is 1.88 bits per heavy atom. The first kappa shape index (κ1) is 12.8. The van der Waals surface area contributed by atoms with Gasteiger partial charge in [-0.2, -0.15) is 0 Å². The summed E-state index contributed by atoms with van der Waals surface area (Å²) < 4.78 is 0. The summed E-state index contributed by atoms with van der Waals surface area (Å²) in [5.74, 6) is -0.209. The van der Waals surface area contributed by atoms with Crippen molar-refractivity contribution in [3.05, 3.63) is 0 Å². The third kappa shape index (κ3) is 3.12. The summed E-state index contributed by atoms with van der Waals surface area (Å²) in [6.07, 6.45) is 0.902. The second-order valence-corrected chi connectivity index (χ2v) is 5.56. The van der Waals surface area contributed by atoms with Gasteiger partial charge >= 0.3 is 6.09 Å². The van der Waals surface area contributed by atoms with E-state index in [0.717, 1.165) is 12.8 Å². The first-order valence-corrected chi connectivity index (χ1v) is 5.52. The predicted octanol–water partition coefficient (Wildman–Crippen LogP) is 1.18. The molecule has 2 atom stereocenters. The number of amides is 2. The molecule has 1 saturated carbocycles. The van der Waals surface area contributed by atoms with E-state index in [2.05, 4.69) is 5.32 Å². The zero-order valence-electron chi connectivity index (χ0n) is 9.99. The number of carboxylic acid groups (broad SMARTS) is 1. The van der Waals surface area contributed by atoms with Gasteiger partial charge in [0.2, 0.25) is 5.91 Å². The summed E-state index contributed by atoms with van der Waals surface area (Å²) in [7, 11) is 0. The summed E-state index contributed by atoms with van der Waals surface area (Å²) in [4.78, 5) is 22.0. The van der Waals surface area contributed by atoms with Crippen molar-refractivity contribution in [1.29, 1.82) is 0 Å². The molecular weight excluding hydrogens is 208 g/mol. The Hall–Kier alpha value is -1.26. The standard InChI is InChI=1S/C11H20N2O3/c1-11(2,3)7(6-4-5-6)8(9(12)14)13-10(15)16/h6-8,13H,4-5H2,1-3H3,(H2,12,14)(H,15,16). The SMILES string of the molecule is CC(C)(C)C(C1CC1)C(NC(=O)O)C(N)=O. The number of carbonyl (C=O) groups is 2. The highest BCUT2D eigenvalue weighted by Crippen LogP contribution is 2.47. The van der Waals surface area contributed by atoms with E-state index < -0.39 is 18.0 Å². The van der Waals surface area contributed by atoms with Crippen molar-refractivity contribution in [2.75, 3.05) is 0 Å². The highest BCUT2D eigenvalue weighted by Gasteiger charge is 2.45. The van der Waals surface area contributed by atoms with Crippen molar-refractivity contribution in [3.8, 4) is 0 Å². The van der Waals surface area contributed by atoms with Gasteiger partial charge in [-0.05, 0) is 30.1 Å². The lowest BCUT2D eigenvalue weighted by Crippen LogP contribution is -2.53. The molecule has 1 rings (SSSR count). The fourth-order valence-corrected chi connectivity index (χ4v) is 2.41. The normalized spacial score (nSPS) is 19.9. The number of nitrogens with one attached hydrogen (secondary N) is 1. The molecule has 0 aromatic rings. The number of rotatable bonds is 4. The van der Waals surface area contributed by atoms with E-state index in [4.69, 9.17) is 10.8 Å². The van der Waals surface area contributed by atoms with Gasteiger partial charge in [0.1, 0.15) is 6.04 Å². The summed E-state index contributed by atoms with van der Waals surface area (Å²) >= 11 is 0. The Bertz CT molecular complexity index is 292. The zero-order valence-corrected chi connectivity index (χ0v) is 9.99. The molecule has 5 heteroatoms. The van der Waals surface area contributed by atoms with Crippen LogP contribution in [0.25, 0.3) is 0 Å². The third-order valence-electron chi connectivity index (χ3n) is 3.07. The maximum atomic E-state index is 11.4. The van der Waals surface area contributed by atoms with E-state index in [1.165, 1.54) is 0 Å². The molecule has 0 spiro atoms. The Morgan fingerprint density at radius 3 is 2.12 bits per heavy atom. The largest absolute Gasteiger partial charge is 0.465 e. The highest BCUT2D eigenvalue weighted by molar-refractivity contribution is 5.84. The molecule has 16 heavy (non-hydrogen) atoms. The summed E-state index contributed by atoms with van der Waals surface area (Å²) in [6, 6.07) is -0.787. The molecule has 1 fully saturated rings. The monoisotopic (exact) mass is 228 g/mol. The lowest BCUT2D eigenvalue weighted by atomic mass is 9.73. The van der Waals surface area contributed by atoms with Gasteiger partial charge in [0.25, 0.3) is 0 Å². The van der Waals surface area contributed by atoms with E-state index in [1.54, 1.807) is 0 Å². The quantitative estimate of drug-likeness (QED) is 0.674. The lowest BCUT2D eigenvalue weighted by Gasteiger charge is -2.35. The molecule has 2 unspecified atom stereocenters. The van der Waals surface area contributed by atoms with Gasteiger partial charge in [0.05, 0.1) is 0 Å². The first-order valence-electron chi connectivity index (χ1n) is 5.52. The molecule has 92 valence electrons. The van der Waals surface area contributed by atoms with Crippen molar-refractivity contribution in [2.24, 2.45) is 23.0 Å². The lowest BCUT2D eigenvalue weighted by molar-refractivity contribution is -0.122. The molecule has 4 N–H and O–H groups in total. The molecule has 0 aromatic carbocycles. The fraction of sp³-hybridized carbons (Fsp3) is 0.818. The van der Waals surface area contributed by atoms with E-state index >= 15 is 0 Å². The maximum Gasteiger partial charge on any atom is 0.405 e. The topological polar surface area (TPSA) is 92.4 Å². The minimum atomic E-state index is -1.20. The summed E-state index contributed by atoms with van der Waals surface area (Å²) in [5, 5.41) is 11.0. The van der Waals surface area contributed by atoms with Crippen LogP contribution in [-0.2, 0) is 4.79 Å². The van der Waals surface area contributed by atoms with E-state index in [1.807, 2.05) is 20.8 Å². The number of hydrogen-bond acceptors (Lipinski definition) is 2. The first-order chi connectivity index (χ1) is 7.23. The minimum Gasteiger partial charge on any atom is -0.465 e. The second kappa shape index (κ2) is 4.31. The van der Waals surface area contributed by atoms with E-state index in [9.17, 15) is 9.59 Å². The number of nitrogens with two attached hydrogens (primary N) is 1. The molecule has 0 radical (unpaired) electrons. The van der Waals surface area contributed by atoms with Crippen molar-refractivity contribution >= 4 is 12.0 Å². The highest BCUT2D eigenvalue weighted by atomic mass is 16.4. The van der Waals surface area contributed by atoms with Crippen molar-refractivity contribution < 1.29 is 14.7 Å². The van der Waals surface area contributed by atoms with Crippen LogP contribution in [0.1, 0.15) is 33.6 Å².